The van der Waals surface area contributed by atoms with Crippen molar-refractivity contribution in [2.45, 2.75) is 424 Å². The maximum Gasteiger partial charge on any atom is 0.361 e. The average molecular weight is 1360 g/mol. The van der Waals surface area contributed by atoms with E-state index in [1.165, 1.54) is 315 Å². The highest BCUT2D eigenvalue weighted by Gasteiger charge is 2.25. The van der Waals surface area contributed by atoms with Crippen molar-refractivity contribution in [1.29, 1.82) is 0 Å². The summed E-state index contributed by atoms with van der Waals surface area (Å²) in [6, 6.07) is 0. The molecule has 2 unspecified atom stereocenters. The number of carboxylic acids is 1. The lowest BCUT2D eigenvalue weighted by Gasteiger charge is -2.25. The Balaban J connectivity index is 3.94. The second-order valence-electron chi connectivity index (χ2n) is 29.8. The van der Waals surface area contributed by atoms with E-state index in [0.29, 0.717) is 17.4 Å². The molecular weight excluding hydrogens is 1200 g/mol. The third-order valence-corrected chi connectivity index (χ3v) is 18.9. The minimum atomic E-state index is -1.51. The number of carbonyl (C=O) groups is 3. The monoisotopic (exact) mass is 1360 g/mol. The summed E-state index contributed by atoms with van der Waals surface area (Å²) in [5, 5.41) is 9.78. The van der Waals surface area contributed by atoms with E-state index in [9.17, 15) is 19.5 Å². The molecule has 9 nitrogen and oxygen atoms in total. The molecule has 9 heteroatoms. The Morgan fingerprint density at radius 1 is 0.320 bits per heavy atom. The normalized spacial score (nSPS) is 13.0. The molecule has 0 amide bonds. The van der Waals surface area contributed by atoms with Crippen molar-refractivity contribution in [1.82, 2.24) is 0 Å². The average Bonchev–Trinajstić information content (AvgIpc) is 3.27. The van der Waals surface area contributed by atoms with Crippen molar-refractivity contribution in [3.63, 3.8) is 0 Å². The Kier molecular flexibility index (Phi) is 75.8. The molecule has 1 N–H and O–H groups in total. The number of likely N-dealkylation sites (N-methyl/N-ethyl adjacent to an activating group) is 1. The molecule has 0 saturated carbocycles. The summed E-state index contributed by atoms with van der Waals surface area (Å²) in [5.41, 5.74) is 0. The van der Waals surface area contributed by atoms with Crippen LogP contribution in [-0.4, -0.2) is 87.4 Å². The van der Waals surface area contributed by atoms with Crippen LogP contribution in [0.3, 0.4) is 0 Å². The van der Waals surface area contributed by atoms with Crippen molar-refractivity contribution >= 4 is 17.9 Å². The fourth-order valence-electron chi connectivity index (χ4n) is 12.6. The summed E-state index contributed by atoms with van der Waals surface area (Å²) in [6.45, 7) is 4.83. The van der Waals surface area contributed by atoms with E-state index >= 15 is 0 Å². The molecule has 0 rings (SSSR count). The zero-order valence-corrected chi connectivity index (χ0v) is 65.0. The van der Waals surface area contributed by atoms with Crippen molar-refractivity contribution in [2.24, 2.45) is 0 Å². The maximum absolute atomic E-state index is 13.0. The molecule has 0 heterocycles. The summed E-state index contributed by atoms with van der Waals surface area (Å²) in [5.74, 6) is -1.97. The molecule has 0 aliphatic heterocycles. The highest BCUT2D eigenvalue weighted by atomic mass is 16.7. The molecule has 97 heavy (non-hydrogen) atoms. The van der Waals surface area contributed by atoms with Crippen molar-refractivity contribution in [3.8, 4) is 0 Å². The number of aliphatic carboxylic acids is 1. The van der Waals surface area contributed by atoms with Gasteiger partial charge < -0.3 is 28.5 Å². The molecule has 566 valence electrons. The van der Waals surface area contributed by atoms with Gasteiger partial charge in [0, 0.05) is 12.8 Å². The largest absolute Gasteiger partial charge is 0.477 e. The van der Waals surface area contributed by atoms with Crippen LogP contribution in [0, 0.1) is 0 Å². The molecule has 0 bridgehead atoms. The van der Waals surface area contributed by atoms with Crippen LogP contribution in [0.15, 0.2) is 72.9 Å². The van der Waals surface area contributed by atoms with E-state index in [2.05, 4.69) is 86.8 Å². The fourth-order valence-corrected chi connectivity index (χ4v) is 12.6. The number of carboxylic acid groups (broad SMARTS) is 1. The van der Waals surface area contributed by atoms with Crippen molar-refractivity contribution < 1.29 is 42.9 Å². The van der Waals surface area contributed by atoms with Crippen molar-refractivity contribution in [2.75, 3.05) is 47.5 Å². The quantitative estimate of drug-likeness (QED) is 0.0211. The van der Waals surface area contributed by atoms with E-state index in [4.69, 9.17) is 18.9 Å². The third kappa shape index (κ3) is 79.9. The van der Waals surface area contributed by atoms with E-state index in [0.717, 1.165) is 70.6 Å². The minimum Gasteiger partial charge on any atom is -0.477 e. The molecule has 0 aliphatic rings. The zero-order valence-electron chi connectivity index (χ0n) is 65.0. The summed E-state index contributed by atoms with van der Waals surface area (Å²) >= 11 is 0. The van der Waals surface area contributed by atoms with Gasteiger partial charge >= 0.3 is 17.9 Å². The van der Waals surface area contributed by atoms with Crippen LogP contribution in [0.25, 0.3) is 0 Å². The van der Waals surface area contributed by atoms with Crippen LogP contribution in [0.5, 0.6) is 0 Å². The van der Waals surface area contributed by atoms with Crippen LogP contribution in [0.4, 0.5) is 0 Å². The van der Waals surface area contributed by atoms with Gasteiger partial charge in [-0.25, -0.2) is 4.79 Å². The molecule has 0 aromatic carbocycles. The van der Waals surface area contributed by atoms with Gasteiger partial charge in [0.2, 0.25) is 0 Å². The number of carbonyl (C=O) groups excluding carboxylic acids is 2. The van der Waals surface area contributed by atoms with Gasteiger partial charge in [0.05, 0.1) is 34.4 Å². The van der Waals surface area contributed by atoms with Crippen LogP contribution < -0.4 is 0 Å². The van der Waals surface area contributed by atoms with E-state index in [-0.39, 0.29) is 38.2 Å². The standard InChI is InChI=1S/C88H161NO8/c1-6-8-10-12-14-16-18-20-22-24-26-28-30-32-34-36-38-39-40-41-42-43-44-45-46-47-49-51-53-55-57-59-61-63-65-67-69-71-73-75-77-79-86(91)97-84(83-96-88(87(92)93)94-81-80-89(3,4)5)82-95-85(90)78-76-74-72-70-68-66-64-62-60-58-56-54-52-50-48-37-35-33-31-29-27-25-23-21-19-17-15-13-11-9-7-2/h8,10,14,16,20,22,25-28,32,34,84,88H,6-7,9,11-13,15,17-19,21,23-24,29-31,33,35-83H2,1-5H3/p+1/b10-8-,16-14-,22-20-,27-25-,28-26-,34-32-. The predicted molar refractivity (Wildman–Crippen MR) is 420 cm³/mol. The number of hydrogen-bond acceptors (Lipinski definition) is 7. The van der Waals surface area contributed by atoms with Gasteiger partial charge in [-0.2, -0.15) is 0 Å². The Labute approximate surface area is 602 Å². The molecule has 0 saturated heterocycles. The highest BCUT2D eigenvalue weighted by Crippen LogP contribution is 2.20. The van der Waals surface area contributed by atoms with Crippen LogP contribution in [-0.2, 0) is 33.3 Å². The second-order valence-corrected chi connectivity index (χ2v) is 29.8. The first kappa shape index (κ1) is 93.7. The topological polar surface area (TPSA) is 108 Å². The molecule has 2 atom stereocenters. The lowest BCUT2D eigenvalue weighted by molar-refractivity contribution is -0.870. The lowest BCUT2D eigenvalue weighted by atomic mass is 10.0. The SMILES string of the molecule is CC/C=C\C/C=C\C/C=C\C/C=C\C/C=C\CCCCCCCCCCCCCCCCCCCCCCCCCCCC(=O)OC(COC(=O)CCCCCCCCCCCCCCCCCCCCC/C=C\CCCCCCCCCC)COC(OCC[N+](C)(C)C)C(=O)O. The summed E-state index contributed by atoms with van der Waals surface area (Å²) in [6.07, 6.45) is 104. The smallest absolute Gasteiger partial charge is 0.361 e. The summed E-state index contributed by atoms with van der Waals surface area (Å²) < 4.78 is 23.1. The summed E-state index contributed by atoms with van der Waals surface area (Å²) in [7, 11) is 6.00. The number of ether oxygens (including phenoxy) is 4. The Morgan fingerprint density at radius 2 is 0.588 bits per heavy atom. The second kappa shape index (κ2) is 78.4. The molecule has 0 aromatic rings. The first-order valence-electron chi connectivity index (χ1n) is 42.1. The zero-order chi connectivity index (χ0) is 70.4. The van der Waals surface area contributed by atoms with Crippen molar-refractivity contribution in [3.05, 3.63) is 72.9 Å². The van der Waals surface area contributed by atoms with Crippen LogP contribution in [0.2, 0.25) is 0 Å². The maximum atomic E-state index is 13.0. The van der Waals surface area contributed by atoms with Gasteiger partial charge in [-0.3, -0.25) is 9.59 Å². The fraction of sp³-hybridized carbons (Fsp3) is 0.830. The van der Waals surface area contributed by atoms with Gasteiger partial charge in [-0.1, -0.05) is 389 Å². The Morgan fingerprint density at radius 3 is 0.887 bits per heavy atom. The molecule has 0 aromatic heterocycles. The number of nitrogens with zero attached hydrogens (tertiary/aromatic N) is 1. The molecule has 0 aliphatic carbocycles. The Bertz CT molecular complexity index is 1830. The number of esters is 2. The molecule has 0 spiro atoms. The van der Waals surface area contributed by atoms with E-state index in [1.807, 2.05) is 21.1 Å². The van der Waals surface area contributed by atoms with Gasteiger partial charge in [0.15, 0.2) is 6.10 Å². The van der Waals surface area contributed by atoms with Crippen LogP contribution >= 0.6 is 0 Å². The van der Waals surface area contributed by atoms with Gasteiger partial charge in [0.1, 0.15) is 13.2 Å². The first-order valence-corrected chi connectivity index (χ1v) is 42.1. The van der Waals surface area contributed by atoms with Gasteiger partial charge in [0.25, 0.3) is 6.29 Å². The minimum absolute atomic E-state index is 0.176. The van der Waals surface area contributed by atoms with E-state index < -0.39 is 18.4 Å². The number of unbranched alkanes of at least 4 members (excludes halogenated alkanes) is 52. The number of allylic oxidation sites excluding steroid dienone is 12. The van der Waals surface area contributed by atoms with Gasteiger partial charge in [-0.05, 0) is 83.5 Å². The predicted octanol–water partition coefficient (Wildman–Crippen LogP) is 27.2. The number of rotatable bonds is 79. The molecular formula is C88H162NO8+. The van der Waals surface area contributed by atoms with E-state index in [1.54, 1.807) is 0 Å². The Hall–Kier alpha value is -3.27. The summed E-state index contributed by atoms with van der Waals surface area (Å²) in [4.78, 5) is 37.8. The molecule has 0 radical (unpaired) electrons. The van der Waals surface area contributed by atoms with Gasteiger partial charge in [-0.15, -0.1) is 0 Å². The number of hydrogen-bond donors (Lipinski definition) is 1. The third-order valence-electron chi connectivity index (χ3n) is 18.9. The van der Waals surface area contributed by atoms with Crippen LogP contribution in [0.1, 0.15) is 412 Å². The first-order chi connectivity index (χ1) is 47.6. The highest BCUT2D eigenvalue weighted by molar-refractivity contribution is 5.71. The molecule has 0 fully saturated rings. The number of quaternary nitrogens is 1. The lowest BCUT2D eigenvalue weighted by Crippen LogP contribution is -2.40.